The minimum Gasteiger partial charge on any atom is -0.335 e. The number of nitrogens with zero attached hydrogens (tertiary/aromatic N) is 5. The highest BCUT2D eigenvalue weighted by Gasteiger charge is 2.36. The molecule has 1 aliphatic rings. The van der Waals surface area contributed by atoms with Crippen LogP contribution in [0.1, 0.15) is 37.8 Å². The fourth-order valence-electron chi connectivity index (χ4n) is 3.66. The predicted molar refractivity (Wildman–Crippen MR) is 113 cm³/mol. The molecule has 2 aromatic rings. The summed E-state index contributed by atoms with van der Waals surface area (Å²) in [5.74, 6) is 0.276. The number of sulfone groups is 1. The summed E-state index contributed by atoms with van der Waals surface area (Å²) in [5.41, 5.74) is 3.07. The third-order valence-corrected chi connectivity index (χ3v) is 7.96. The van der Waals surface area contributed by atoms with Crippen molar-refractivity contribution in [2.75, 3.05) is 17.3 Å². The van der Waals surface area contributed by atoms with Crippen molar-refractivity contribution >= 4 is 27.5 Å². The zero-order chi connectivity index (χ0) is 21.2. The van der Waals surface area contributed by atoms with Crippen molar-refractivity contribution in [2.45, 2.75) is 57.8 Å². The van der Waals surface area contributed by atoms with Crippen LogP contribution in [0.2, 0.25) is 0 Å². The SMILES string of the molecule is CC[C@@H](C)N(C(=O)CSc1nnnn1-c1ccc(C)cc1C)[C@H]1CCS(=O)(=O)C1. The molecule has 29 heavy (non-hydrogen) atoms. The molecule has 2 atom stereocenters. The normalized spacial score (nSPS) is 19.2. The first-order chi connectivity index (χ1) is 13.7. The van der Waals surface area contributed by atoms with Crippen LogP contribution in [0.4, 0.5) is 0 Å². The Balaban J connectivity index is 1.75. The van der Waals surface area contributed by atoms with Crippen LogP contribution in [0.3, 0.4) is 0 Å². The topological polar surface area (TPSA) is 98.1 Å². The summed E-state index contributed by atoms with van der Waals surface area (Å²) in [6.45, 7) is 7.99. The van der Waals surface area contributed by atoms with Crippen LogP contribution < -0.4 is 0 Å². The molecule has 3 rings (SSSR count). The molecule has 0 spiro atoms. The summed E-state index contributed by atoms with van der Waals surface area (Å²) in [6, 6.07) is 5.74. The summed E-state index contributed by atoms with van der Waals surface area (Å²) in [4.78, 5) is 14.8. The van der Waals surface area contributed by atoms with E-state index in [4.69, 9.17) is 0 Å². The predicted octanol–water partition coefficient (Wildman–Crippen LogP) is 2.19. The van der Waals surface area contributed by atoms with Crippen molar-refractivity contribution in [3.63, 3.8) is 0 Å². The monoisotopic (exact) mass is 437 g/mol. The van der Waals surface area contributed by atoms with Crippen molar-refractivity contribution < 1.29 is 13.2 Å². The standard InChI is InChI=1S/C19H27N5O3S2/c1-5-15(4)23(16-8-9-29(26,27)12-16)18(25)11-28-19-20-21-22-24(19)17-7-6-13(2)10-14(17)3/h6-7,10,15-16H,5,8-9,11-12H2,1-4H3/t15-,16+/m1/s1. The number of hydrogen-bond acceptors (Lipinski definition) is 7. The van der Waals surface area contributed by atoms with Gasteiger partial charge in [0.15, 0.2) is 9.84 Å². The number of thioether (sulfide) groups is 1. The zero-order valence-corrected chi connectivity index (χ0v) is 18.8. The minimum atomic E-state index is -3.06. The lowest BCUT2D eigenvalue weighted by Gasteiger charge is -2.33. The second-order valence-corrected chi connectivity index (χ2v) is 10.7. The summed E-state index contributed by atoms with van der Waals surface area (Å²) in [5, 5.41) is 12.5. The average Bonchev–Trinajstić information content (AvgIpc) is 3.26. The molecule has 2 heterocycles. The Morgan fingerprint density at radius 2 is 2.14 bits per heavy atom. The highest BCUT2D eigenvalue weighted by Crippen LogP contribution is 2.25. The van der Waals surface area contributed by atoms with E-state index in [1.165, 1.54) is 11.8 Å². The van der Waals surface area contributed by atoms with Gasteiger partial charge in [-0.3, -0.25) is 4.79 Å². The minimum absolute atomic E-state index is 0.0169. The first-order valence-corrected chi connectivity index (χ1v) is 12.5. The van der Waals surface area contributed by atoms with Gasteiger partial charge in [0.05, 0.1) is 22.9 Å². The Labute approximate surface area is 176 Å². The van der Waals surface area contributed by atoms with Crippen LogP contribution in [0.15, 0.2) is 23.4 Å². The maximum absolute atomic E-state index is 13.0. The first kappa shape index (κ1) is 21.8. The van der Waals surface area contributed by atoms with E-state index in [2.05, 4.69) is 21.6 Å². The van der Waals surface area contributed by atoms with Crippen molar-refractivity contribution in [2.24, 2.45) is 0 Å². The molecule has 0 aliphatic carbocycles. The lowest BCUT2D eigenvalue weighted by Crippen LogP contribution is -2.47. The van der Waals surface area contributed by atoms with Gasteiger partial charge in [-0.25, -0.2) is 8.42 Å². The smallest absolute Gasteiger partial charge is 0.233 e. The lowest BCUT2D eigenvalue weighted by molar-refractivity contribution is -0.132. The summed E-state index contributed by atoms with van der Waals surface area (Å²) in [7, 11) is -3.06. The molecule has 0 unspecified atom stereocenters. The van der Waals surface area contributed by atoms with E-state index >= 15 is 0 Å². The van der Waals surface area contributed by atoms with E-state index in [1.54, 1.807) is 9.58 Å². The number of carbonyl (C=O) groups is 1. The van der Waals surface area contributed by atoms with Gasteiger partial charge in [-0.1, -0.05) is 36.4 Å². The van der Waals surface area contributed by atoms with E-state index in [0.717, 1.165) is 23.2 Å². The highest BCUT2D eigenvalue weighted by atomic mass is 32.2. The fourth-order valence-corrected chi connectivity index (χ4v) is 6.13. The number of amides is 1. The molecule has 1 aromatic heterocycles. The van der Waals surface area contributed by atoms with Gasteiger partial charge < -0.3 is 4.90 Å². The molecule has 1 fully saturated rings. The van der Waals surface area contributed by atoms with Crippen LogP contribution in [-0.2, 0) is 14.6 Å². The van der Waals surface area contributed by atoms with E-state index in [0.29, 0.717) is 11.6 Å². The molecular weight excluding hydrogens is 410 g/mol. The largest absolute Gasteiger partial charge is 0.335 e. The molecule has 1 saturated heterocycles. The maximum atomic E-state index is 13.0. The van der Waals surface area contributed by atoms with Gasteiger partial charge in [-0.05, 0) is 55.7 Å². The van der Waals surface area contributed by atoms with Crippen LogP contribution in [-0.4, -0.2) is 68.8 Å². The summed E-state index contributed by atoms with van der Waals surface area (Å²) < 4.78 is 25.5. The van der Waals surface area contributed by atoms with Gasteiger partial charge in [-0.2, -0.15) is 4.68 Å². The molecular formula is C19H27N5O3S2. The number of aryl methyl sites for hydroxylation is 2. The Kier molecular flexibility index (Phi) is 6.62. The quantitative estimate of drug-likeness (QED) is 0.612. The van der Waals surface area contributed by atoms with E-state index in [-0.39, 0.29) is 35.2 Å². The van der Waals surface area contributed by atoms with E-state index in [1.807, 2.05) is 39.8 Å². The van der Waals surface area contributed by atoms with Crippen LogP contribution in [0.5, 0.6) is 0 Å². The number of benzene rings is 1. The molecule has 0 radical (unpaired) electrons. The molecule has 0 bridgehead atoms. The Hall–Kier alpha value is -1.94. The molecule has 1 aromatic carbocycles. The molecule has 158 valence electrons. The van der Waals surface area contributed by atoms with Crippen molar-refractivity contribution in [1.82, 2.24) is 25.1 Å². The lowest BCUT2D eigenvalue weighted by atomic mass is 10.1. The molecule has 10 heteroatoms. The van der Waals surface area contributed by atoms with Gasteiger partial charge in [0, 0.05) is 12.1 Å². The molecule has 1 aliphatic heterocycles. The van der Waals surface area contributed by atoms with Crippen LogP contribution >= 0.6 is 11.8 Å². The molecule has 1 amide bonds. The van der Waals surface area contributed by atoms with Gasteiger partial charge in [0.2, 0.25) is 11.1 Å². The number of hydrogen-bond donors (Lipinski definition) is 0. The summed E-state index contributed by atoms with van der Waals surface area (Å²) >= 11 is 1.27. The number of carbonyl (C=O) groups excluding carboxylic acids is 1. The molecule has 0 saturated carbocycles. The van der Waals surface area contributed by atoms with Crippen molar-refractivity contribution in [3.05, 3.63) is 29.3 Å². The third-order valence-electron chi connectivity index (χ3n) is 5.30. The van der Waals surface area contributed by atoms with Gasteiger partial charge >= 0.3 is 0 Å². The van der Waals surface area contributed by atoms with Gasteiger partial charge in [0.1, 0.15) is 0 Å². The second kappa shape index (κ2) is 8.83. The molecule has 8 nitrogen and oxygen atoms in total. The second-order valence-electron chi connectivity index (χ2n) is 7.57. The average molecular weight is 438 g/mol. The number of tetrazole rings is 1. The Bertz CT molecular complexity index is 989. The maximum Gasteiger partial charge on any atom is 0.233 e. The van der Waals surface area contributed by atoms with Crippen molar-refractivity contribution in [3.8, 4) is 5.69 Å². The highest BCUT2D eigenvalue weighted by molar-refractivity contribution is 7.99. The van der Waals surface area contributed by atoms with Crippen LogP contribution in [0, 0.1) is 13.8 Å². The number of rotatable bonds is 7. The van der Waals surface area contributed by atoms with Crippen molar-refractivity contribution in [1.29, 1.82) is 0 Å². The summed E-state index contributed by atoms with van der Waals surface area (Å²) in [6.07, 6.45) is 1.27. The number of aromatic nitrogens is 4. The first-order valence-electron chi connectivity index (χ1n) is 9.72. The molecule has 0 N–H and O–H groups in total. The Morgan fingerprint density at radius 3 is 2.76 bits per heavy atom. The van der Waals surface area contributed by atoms with Gasteiger partial charge in [-0.15, -0.1) is 5.10 Å². The fraction of sp³-hybridized carbons (Fsp3) is 0.579. The van der Waals surface area contributed by atoms with Crippen LogP contribution in [0.25, 0.3) is 5.69 Å². The van der Waals surface area contributed by atoms with Gasteiger partial charge in [0.25, 0.3) is 0 Å². The van der Waals surface area contributed by atoms with E-state index in [9.17, 15) is 13.2 Å². The Morgan fingerprint density at radius 1 is 1.38 bits per heavy atom. The zero-order valence-electron chi connectivity index (χ0n) is 17.2. The third kappa shape index (κ3) is 4.98. The van der Waals surface area contributed by atoms with E-state index < -0.39 is 9.84 Å².